The predicted molar refractivity (Wildman–Crippen MR) is 110 cm³/mol. The number of unbranched alkanes of at least 4 members (excludes halogenated alkanes) is 1. The van der Waals surface area contributed by atoms with Crippen LogP contribution >= 0.6 is 0 Å². The average Bonchev–Trinajstić information content (AvgIpc) is 3.13. The number of aromatic nitrogens is 4. The van der Waals surface area contributed by atoms with Crippen LogP contribution in [0.5, 0.6) is 6.01 Å². The highest BCUT2D eigenvalue weighted by atomic mass is 16.5. The smallest absolute Gasteiger partial charge is 0.336 e. The van der Waals surface area contributed by atoms with Gasteiger partial charge in [-0.15, -0.1) is 5.10 Å². The molecular weight excluding hydrogens is 352 g/mol. The Bertz CT molecular complexity index is 915. The van der Waals surface area contributed by atoms with Gasteiger partial charge in [0.1, 0.15) is 0 Å². The monoisotopic (exact) mass is 380 g/mol. The van der Waals surface area contributed by atoms with Gasteiger partial charge in [0.05, 0.1) is 18.5 Å². The molecule has 7 heteroatoms. The molecule has 1 aromatic carbocycles. The Hall–Kier alpha value is -2.67. The molecule has 0 spiro atoms. The maximum atomic E-state index is 6.05. The van der Waals surface area contributed by atoms with E-state index in [2.05, 4.69) is 51.6 Å². The van der Waals surface area contributed by atoms with Crippen molar-refractivity contribution < 1.29 is 4.74 Å². The van der Waals surface area contributed by atoms with Gasteiger partial charge in [0.2, 0.25) is 0 Å². The van der Waals surface area contributed by atoms with Crippen LogP contribution in [0.25, 0.3) is 5.65 Å². The summed E-state index contributed by atoms with van der Waals surface area (Å²) in [6.07, 6.45) is 6.99. The van der Waals surface area contributed by atoms with E-state index in [0.717, 1.165) is 38.0 Å². The molecule has 0 amide bonds. The third-order valence-corrected chi connectivity index (χ3v) is 5.34. The largest absolute Gasteiger partial charge is 0.462 e. The van der Waals surface area contributed by atoms with Gasteiger partial charge in [-0.3, -0.25) is 0 Å². The van der Waals surface area contributed by atoms with Gasteiger partial charge in [-0.2, -0.15) is 4.98 Å². The van der Waals surface area contributed by atoms with E-state index in [-0.39, 0.29) is 0 Å². The van der Waals surface area contributed by atoms with Crippen LogP contribution in [0.2, 0.25) is 0 Å². The zero-order valence-electron chi connectivity index (χ0n) is 16.4. The second-order valence-electron chi connectivity index (χ2n) is 7.41. The summed E-state index contributed by atoms with van der Waals surface area (Å²) in [5.41, 5.74) is 10.3. The Morgan fingerprint density at radius 3 is 2.75 bits per heavy atom. The second kappa shape index (κ2) is 8.56. The van der Waals surface area contributed by atoms with Crippen molar-refractivity contribution in [2.24, 2.45) is 0 Å². The lowest BCUT2D eigenvalue weighted by molar-refractivity contribution is 0.280. The molecule has 0 saturated carbocycles. The molecule has 1 aliphatic heterocycles. The first-order chi connectivity index (χ1) is 13.7. The van der Waals surface area contributed by atoms with Crippen LogP contribution in [0.3, 0.4) is 0 Å². The summed E-state index contributed by atoms with van der Waals surface area (Å²) in [4.78, 5) is 8.61. The van der Waals surface area contributed by atoms with Crippen LogP contribution in [0.4, 0.5) is 5.82 Å². The van der Waals surface area contributed by atoms with Crippen LogP contribution < -0.4 is 15.8 Å². The number of nitrogens with zero attached hydrogens (tertiary/aromatic N) is 4. The highest BCUT2D eigenvalue weighted by Crippen LogP contribution is 2.26. The SMILES string of the molecule is CCCCOc1nc(N)c2ncc(Cc3ccc(C4CCNCC4)cc3)n2n1. The number of piperidine rings is 1. The number of rotatable bonds is 7. The number of anilines is 1. The van der Waals surface area contributed by atoms with E-state index >= 15 is 0 Å². The van der Waals surface area contributed by atoms with Crippen LogP contribution in [-0.4, -0.2) is 39.3 Å². The minimum absolute atomic E-state index is 0.305. The van der Waals surface area contributed by atoms with E-state index in [0.29, 0.717) is 30.0 Å². The number of imidazole rings is 1. The molecule has 148 valence electrons. The predicted octanol–water partition coefficient (Wildman–Crippen LogP) is 2.94. The third-order valence-electron chi connectivity index (χ3n) is 5.34. The van der Waals surface area contributed by atoms with Crippen LogP contribution in [-0.2, 0) is 6.42 Å². The zero-order chi connectivity index (χ0) is 19.3. The first kappa shape index (κ1) is 18.7. The van der Waals surface area contributed by atoms with E-state index in [4.69, 9.17) is 10.5 Å². The Morgan fingerprint density at radius 2 is 2.00 bits per heavy atom. The highest BCUT2D eigenvalue weighted by Gasteiger charge is 2.16. The van der Waals surface area contributed by atoms with Crippen LogP contribution in [0.1, 0.15) is 55.3 Å². The number of hydrogen-bond acceptors (Lipinski definition) is 6. The molecule has 7 nitrogen and oxygen atoms in total. The summed E-state index contributed by atoms with van der Waals surface area (Å²) in [7, 11) is 0. The van der Waals surface area contributed by atoms with Gasteiger partial charge in [-0.25, -0.2) is 9.50 Å². The summed E-state index contributed by atoms with van der Waals surface area (Å²) in [6.45, 7) is 4.92. The van der Waals surface area contributed by atoms with Gasteiger partial charge in [0.25, 0.3) is 0 Å². The van der Waals surface area contributed by atoms with Gasteiger partial charge in [-0.05, 0) is 49.4 Å². The molecule has 2 aromatic heterocycles. The molecule has 1 aliphatic rings. The summed E-state index contributed by atoms with van der Waals surface area (Å²) >= 11 is 0. The molecular formula is C21H28N6O. The Balaban J connectivity index is 1.52. The first-order valence-corrected chi connectivity index (χ1v) is 10.2. The lowest BCUT2D eigenvalue weighted by Crippen LogP contribution is -2.26. The molecule has 3 N–H and O–H groups in total. The molecule has 0 unspecified atom stereocenters. The number of hydrogen-bond donors (Lipinski definition) is 2. The summed E-state index contributed by atoms with van der Waals surface area (Å²) in [6, 6.07) is 9.24. The van der Waals surface area contributed by atoms with Crippen LogP contribution in [0.15, 0.2) is 30.5 Å². The molecule has 0 bridgehead atoms. The molecule has 1 saturated heterocycles. The van der Waals surface area contributed by atoms with Crippen molar-refractivity contribution in [2.45, 2.75) is 44.9 Å². The molecule has 4 rings (SSSR count). The number of nitrogens with one attached hydrogen (secondary N) is 1. The fraction of sp³-hybridized carbons (Fsp3) is 0.476. The maximum absolute atomic E-state index is 6.05. The van der Waals surface area contributed by atoms with E-state index < -0.39 is 0 Å². The fourth-order valence-electron chi connectivity index (χ4n) is 3.69. The Labute approximate surface area is 165 Å². The minimum atomic E-state index is 0.305. The van der Waals surface area contributed by atoms with Crippen molar-refractivity contribution in [1.29, 1.82) is 0 Å². The van der Waals surface area contributed by atoms with Gasteiger partial charge in [-0.1, -0.05) is 37.6 Å². The van der Waals surface area contributed by atoms with Gasteiger partial charge >= 0.3 is 6.01 Å². The van der Waals surface area contributed by atoms with Crippen molar-refractivity contribution in [3.8, 4) is 6.01 Å². The van der Waals surface area contributed by atoms with Crippen molar-refractivity contribution >= 4 is 11.5 Å². The van der Waals surface area contributed by atoms with Gasteiger partial charge < -0.3 is 15.8 Å². The van der Waals surface area contributed by atoms with Gasteiger partial charge in [0.15, 0.2) is 11.5 Å². The first-order valence-electron chi connectivity index (χ1n) is 10.2. The topological polar surface area (TPSA) is 90.4 Å². The maximum Gasteiger partial charge on any atom is 0.336 e. The molecule has 0 atom stereocenters. The standard InChI is InChI=1S/C21H28N6O/c1-2-3-12-28-21-25-19(22)20-24-14-18(27(20)26-21)13-15-4-6-16(7-5-15)17-8-10-23-11-9-17/h4-7,14,17,23H,2-3,8-13H2,1H3,(H2,22,25,26). The number of benzene rings is 1. The van der Waals surface area contributed by atoms with Crippen molar-refractivity contribution in [1.82, 2.24) is 24.9 Å². The van der Waals surface area contributed by atoms with Crippen molar-refractivity contribution in [3.05, 3.63) is 47.3 Å². The lowest BCUT2D eigenvalue weighted by atomic mass is 9.89. The number of nitrogen functional groups attached to an aromatic ring is 1. The highest BCUT2D eigenvalue weighted by molar-refractivity contribution is 5.59. The molecule has 1 fully saturated rings. The minimum Gasteiger partial charge on any atom is -0.462 e. The second-order valence-corrected chi connectivity index (χ2v) is 7.41. The van der Waals surface area contributed by atoms with E-state index in [9.17, 15) is 0 Å². The van der Waals surface area contributed by atoms with Crippen molar-refractivity contribution in [2.75, 3.05) is 25.4 Å². The summed E-state index contributed by atoms with van der Waals surface area (Å²) in [5, 5.41) is 7.91. The van der Waals surface area contributed by atoms with Crippen LogP contribution in [0, 0.1) is 0 Å². The van der Waals surface area contributed by atoms with E-state index in [1.54, 1.807) is 4.52 Å². The summed E-state index contributed by atoms with van der Waals surface area (Å²) < 4.78 is 7.39. The van der Waals surface area contributed by atoms with Crippen molar-refractivity contribution in [3.63, 3.8) is 0 Å². The van der Waals surface area contributed by atoms with Gasteiger partial charge in [0, 0.05) is 6.42 Å². The number of fused-ring (bicyclic) bond motifs is 1. The number of nitrogens with two attached hydrogens (primary N) is 1. The summed E-state index contributed by atoms with van der Waals surface area (Å²) in [5.74, 6) is 1.01. The molecule has 3 heterocycles. The van der Waals surface area contributed by atoms with E-state index in [1.807, 2.05) is 6.20 Å². The number of ether oxygens (including phenoxy) is 1. The quantitative estimate of drug-likeness (QED) is 0.613. The molecule has 0 aliphatic carbocycles. The molecule has 28 heavy (non-hydrogen) atoms. The average molecular weight is 380 g/mol. The Kier molecular flexibility index (Phi) is 5.71. The Morgan fingerprint density at radius 1 is 1.21 bits per heavy atom. The molecule has 3 aromatic rings. The third kappa shape index (κ3) is 4.09. The lowest BCUT2D eigenvalue weighted by Gasteiger charge is -2.23. The normalized spacial score (nSPS) is 15.2. The fourth-order valence-corrected chi connectivity index (χ4v) is 3.69. The van der Waals surface area contributed by atoms with E-state index in [1.165, 1.54) is 24.0 Å². The molecule has 0 radical (unpaired) electrons. The zero-order valence-corrected chi connectivity index (χ0v) is 16.4.